The number of ether oxygens (including phenoxy) is 1. The highest BCUT2D eigenvalue weighted by Crippen LogP contribution is 2.30. The van der Waals surface area contributed by atoms with Crippen LogP contribution in [0.4, 0.5) is 0 Å². The maximum atomic E-state index is 12.4. The molecule has 0 aliphatic carbocycles. The van der Waals surface area contributed by atoms with Crippen molar-refractivity contribution in [3.05, 3.63) is 59.9 Å². The molecule has 0 amide bonds. The number of alkyl halides is 1. The Hall–Kier alpha value is -1.20. The molecule has 0 aliphatic heterocycles. The first kappa shape index (κ1) is 15.9. The standard InChI is InChI=1S/C14H12BrNO2.BrH/c1-18-12-5-3-2-4-11(12)14(17)13(15)10-6-8-16-9-7-10;/h2-9,13H,1H3;1H. The molecule has 0 bridgehead atoms. The molecular weight excluding hydrogens is 374 g/mol. The molecule has 0 fully saturated rings. The van der Waals surface area contributed by atoms with Crippen LogP contribution in [0, 0.1) is 0 Å². The number of aromatic nitrogens is 1. The number of Topliss-reactive ketones (excluding diaryl/α,β-unsaturated/α-hetero) is 1. The maximum Gasteiger partial charge on any atom is 0.184 e. The fourth-order valence-corrected chi connectivity index (χ4v) is 2.22. The summed E-state index contributed by atoms with van der Waals surface area (Å²) in [4.78, 5) is 15.9. The molecule has 1 atom stereocenters. The summed E-state index contributed by atoms with van der Waals surface area (Å²) in [6, 6.07) is 10.8. The second kappa shape index (κ2) is 7.40. The van der Waals surface area contributed by atoms with E-state index in [1.165, 1.54) is 0 Å². The minimum Gasteiger partial charge on any atom is -0.496 e. The third kappa shape index (κ3) is 3.64. The van der Waals surface area contributed by atoms with Gasteiger partial charge >= 0.3 is 0 Å². The average molecular weight is 387 g/mol. The van der Waals surface area contributed by atoms with Crippen LogP contribution in [0.15, 0.2) is 48.8 Å². The molecule has 5 heteroatoms. The van der Waals surface area contributed by atoms with Crippen molar-refractivity contribution in [2.45, 2.75) is 4.83 Å². The first-order valence-electron chi connectivity index (χ1n) is 5.45. The summed E-state index contributed by atoms with van der Waals surface area (Å²) in [5.41, 5.74) is 1.44. The van der Waals surface area contributed by atoms with E-state index in [2.05, 4.69) is 20.9 Å². The number of benzene rings is 1. The molecule has 0 saturated heterocycles. The molecule has 1 heterocycles. The van der Waals surface area contributed by atoms with Crippen molar-refractivity contribution in [3.63, 3.8) is 0 Å². The van der Waals surface area contributed by atoms with Gasteiger partial charge in [-0.05, 0) is 29.8 Å². The van der Waals surface area contributed by atoms with Gasteiger partial charge in [-0.2, -0.15) is 0 Å². The van der Waals surface area contributed by atoms with E-state index in [1.54, 1.807) is 31.6 Å². The van der Waals surface area contributed by atoms with Crippen molar-refractivity contribution in [1.82, 2.24) is 4.98 Å². The summed E-state index contributed by atoms with van der Waals surface area (Å²) in [6.07, 6.45) is 3.33. The predicted octanol–water partition coefficient (Wildman–Crippen LogP) is 3.99. The van der Waals surface area contributed by atoms with E-state index >= 15 is 0 Å². The maximum absolute atomic E-state index is 12.4. The lowest BCUT2D eigenvalue weighted by molar-refractivity contribution is 0.0988. The van der Waals surface area contributed by atoms with Gasteiger partial charge in [-0.15, -0.1) is 17.0 Å². The van der Waals surface area contributed by atoms with Crippen LogP contribution in [-0.4, -0.2) is 17.9 Å². The largest absolute Gasteiger partial charge is 0.496 e. The van der Waals surface area contributed by atoms with E-state index in [9.17, 15) is 4.79 Å². The van der Waals surface area contributed by atoms with Crippen molar-refractivity contribution >= 4 is 38.7 Å². The Labute approximate surface area is 130 Å². The fraction of sp³-hybridized carbons (Fsp3) is 0.143. The molecule has 0 spiro atoms. The Morgan fingerprint density at radius 1 is 1.21 bits per heavy atom. The molecule has 1 unspecified atom stereocenters. The Kier molecular flexibility index (Phi) is 6.18. The van der Waals surface area contributed by atoms with Crippen LogP contribution in [0.25, 0.3) is 0 Å². The number of hydrogen-bond acceptors (Lipinski definition) is 3. The van der Waals surface area contributed by atoms with Crippen molar-refractivity contribution in [2.75, 3.05) is 7.11 Å². The molecule has 100 valence electrons. The third-order valence-electron chi connectivity index (χ3n) is 2.60. The zero-order chi connectivity index (χ0) is 13.0. The fourth-order valence-electron chi connectivity index (χ4n) is 1.67. The lowest BCUT2D eigenvalue weighted by atomic mass is 10.0. The van der Waals surface area contributed by atoms with E-state index in [-0.39, 0.29) is 22.8 Å². The molecule has 2 aromatic rings. The van der Waals surface area contributed by atoms with Crippen LogP contribution < -0.4 is 4.74 Å². The van der Waals surface area contributed by atoms with E-state index in [0.29, 0.717) is 11.3 Å². The van der Waals surface area contributed by atoms with Crippen LogP contribution >= 0.6 is 32.9 Å². The number of carbonyl (C=O) groups is 1. The van der Waals surface area contributed by atoms with Gasteiger partial charge in [0, 0.05) is 12.4 Å². The number of nitrogens with zero attached hydrogens (tertiary/aromatic N) is 1. The smallest absolute Gasteiger partial charge is 0.184 e. The number of methoxy groups -OCH3 is 1. The van der Waals surface area contributed by atoms with Crippen molar-refractivity contribution in [1.29, 1.82) is 0 Å². The first-order valence-corrected chi connectivity index (χ1v) is 6.37. The summed E-state index contributed by atoms with van der Waals surface area (Å²) in [5, 5.41) is 0. The van der Waals surface area contributed by atoms with E-state index in [1.807, 2.05) is 24.3 Å². The van der Waals surface area contributed by atoms with Crippen LogP contribution in [-0.2, 0) is 0 Å². The van der Waals surface area contributed by atoms with Gasteiger partial charge in [0.2, 0.25) is 0 Å². The Morgan fingerprint density at radius 2 is 1.84 bits per heavy atom. The SMILES string of the molecule is Br.COc1ccccc1C(=O)C(Br)c1ccncc1. The van der Waals surface area contributed by atoms with E-state index < -0.39 is 4.83 Å². The number of carbonyl (C=O) groups excluding carboxylic acids is 1. The molecule has 0 N–H and O–H groups in total. The number of halogens is 2. The summed E-state index contributed by atoms with van der Waals surface area (Å²) < 4.78 is 5.20. The van der Waals surface area contributed by atoms with Crippen molar-refractivity contribution < 1.29 is 9.53 Å². The Morgan fingerprint density at radius 3 is 2.47 bits per heavy atom. The number of pyridine rings is 1. The van der Waals surface area contributed by atoms with Gasteiger partial charge in [-0.3, -0.25) is 9.78 Å². The minimum atomic E-state index is -0.392. The van der Waals surface area contributed by atoms with Gasteiger partial charge in [0.1, 0.15) is 10.6 Å². The van der Waals surface area contributed by atoms with Gasteiger partial charge in [-0.1, -0.05) is 28.1 Å². The van der Waals surface area contributed by atoms with Crippen LogP contribution in [0.1, 0.15) is 20.7 Å². The number of ketones is 1. The van der Waals surface area contributed by atoms with Gasteiger partial charge < -0.3 is 4.74 Å². The highest BCUT2D eigenvalue weighted by molar-refractivity contribution is 9.09. The average Bonchev–Trinajstić information content (AvgIpc) is 2.46. The normalized spacial score (nSPS) is 11.3. The molecule has 0 saturated carbocycles. The number of hydrogen-bond donors (Lipinski definition) is 0. The van der Waals surface area contributed by atoms with Crippen molar-refractivity contribution in [3.8, 4) is 5.75 Å². The van der Waals surface area contributed by atoms with Gasteiger partial charge in [-0.25, -0.2) is 0 Å². The molecule has 2 rings (SSSR count). The van der Waals surface area contributed by atoms with E-state index in [0.717, 1.165) is 5.56 Å². The molecule has 0 radical (unpaired) electrons. The van der Waals surface area contributed by atoms with Crippen molar-refractivity contribution in [2.24, 2.45) is 0 Å². The zero-order valence-corrected chi connectivity index (χ0v) is 13.5. The van der Waals surface area contributed by atoms with Crippen LogP contribution in [0.5, 0.6) is 5.75 Å². The Balaban J connectivity index is 0.00000180. The quantitative estimate of drug-likeness (QED) is 0.589. The summed E-state index contributed by atoms with van der Waals surface area (Å²) in [7, 11) is 1.56. The molecular formula is C14H13Br2NO2. The molecule has 0 aliphatic rings. The van der Waals surface area contributed by atoms with Crippen LogP contribution in [0.3, 0.4) is 0 Å². The summed E-state index contributed by atoms with van der Waals surface area (Å²) >= 11 is 3.42. The third-order valence-corrected chi connectivity index (χ3v) is 3.55. The lowest BCUT2D eigenvalue weighted by Gasteiger charge is -2.11. The second-order valence-electron chi connectivity index (χ2n) is 3.71. The minimum absolute atomic E-state index is 0. The van der Waals surface area contributed by atoms with Gasteiger partial charge in [0.15, 0.2) is 5.78 Å². The molecule has 1 aromatic carbocycles. The summed E-state index contributed by atoms with van der Waals surface area (Å²) in [5.74, 6) is 0.555. The van der Waals surface area contributed by atoms with Gasteiger partial charge in [0.25, 0.3) is 0 Å². The number of para-hydroxylation sites is 1. The Bertz CT molecular complexity index is 546. The topological polar surface area (TPSA) is 39.2 Å². The molecule has 3 nitrogen and oxygen atoms in total. The van der Waals surface area contributed by atoms with Gasteiger partial charge in [0.05, 0.1) is 12.7 Å². The zero-order valence-electron chi connectivity index (χ0n) is 10.2. The highest BCUT2D eigenvalue weighted by atomic mass is 79.9. The lowest BCUT2D eigenvalue weighted by Crippen LogP contribution is -2.08. The monoisotopic (exact) mass is 385 g/mol. The number of rotatable bonds is 4. The molecule has 1 aromatic heterocycles. The first-order chi connectivity index (χ1) is 8.74. The highest BCUT2D eigenvalue weighted by Gasteiger charge is 2.21. The predicted molar refractivity (Wildman–Crippen MR) is 83.6 cm³/mol. The van der Waals surface area contributed by atoms with Crippen LogP contribution in [0.2, 0.25) is 0 Å². The van der Waals surface area contributed by atoms with E-state index in [4.69, 9.17) is 4.74 Å². The second-order valence-corrected chi connectivity index (χ2v) is 4.62. The summed E-state index contributed by atoms with van der Waals surface area (Å²) in [6.45, 7) is 0. The molecule has 19 heavy (non-hydrogen) atoms.